The Morgan fingerprint density at radius 3 is 2.30 bits per heavy atom. The second-order valence-electron chi connectivity index (χ2n) is 4.21. The standard InChI is InChI=1S/C17H19O2S/c1-3-19-17(18)15-12-8-9-13-16(15)20(4-2)14-10-6-5-7-11-14/h5-13H,3-4H2,1-2H3/q+1. The number of carbonyl (C=O) groups excluding carboxylic acids is 1. The summed E-state index contributed by atoms with van der Waals surface area (Å²) in [5.74, 6) is 0.741. The summed E-state index contributed by atoms with van der Waals surface area (Å²) < 4.78 is 5.16. The topological polar surface area (TPSA) is 26.3 Å². The van der Waals surface area contributed by atoms with Gasteiger partial charge in [-0.25, -0.2) is 4.79 Å². The minimum absolute atomic E-state index is 0.0948. The third-order valence-electron chi connectivity index (χ3n) is 2.96. The van der Waals surface area contributed by atoms with Crippen LogP contribution in [-0.2, 0) is 15.6 Å². The molecular weight excluding hydrogens is 268 g/mol. The molecule has 0 spiro atoms. The van der Waals surface area contributed by atoms with E-state index in [1.54, 1.807) is 0 Å². The van der Waals surface area contributed by atoms with Gasteiger partial charge in [-0.3, -0.25) is 0 Å². The first-order chi connectivity index (χ1) is 9.77. The van der Waals surface area contributed by atoms with Crippen LogP contribution >= 0.6 is 0 Å². The van der Waals surface area contributed by atoms with Crippen molar-refractivity contribution in [2.24, 2.45) is 0 Å². The third-order valence-corrected chi connectivity index (χ3v) is 5.27. The van der Waals surface area contributed by atoms with Crippen molar-refractivity contribution in [1.82, 2.24) is 0 Å². The summed E-state index contributed by atoms with van der Waals surface area (Å²) in [6.45, 7) is 4.38. The Morgan fingerprint density at radius 1 is 1.00 bits per heavy atom. The van der Waals surface area contributed by atoms with Gasteiger partial charge in [-0.2, -0.15) is 0 Å². The van der Waals surface area contributed by atoms with Gasteiger partial charge >= 0.3 is 5.97 Å². The zero-order valence-corrected chi connectivity index (χ0v) is 12.7. The molecule has 2 rings (SSSR count). The first-order valence-corrected chi connectivity index (χ1v) is 8.19. The fraction of sp³-hybridized carbons (Fsp3) is 0.235. The summed E-state index contributed by atoms with van der Waals surface area (Å²) >= 11 is 0. The van der Waals surface area contributed by atoms with Crippen molar-refractivity contribution >= 4 is 16.9 Å². The van der Waals surface area contributed by atoms with Crippen LogP contribution in [0.3, 0.4) is 0 Å². The van der Waals surface area contributed by atoms with Crippen molar-refractivity contribution in [3.8, 4) is 0 Å². The number of rotatable bonds is 5. The highest BCUT2D eigenvalue weighted by Gasteiger charge is 2.28. The van der Waals surface area contributed by atoms with Crippen LogP contribution in [0, 0.1) is 0 Å². The van der Waals surface area contributed by atoms with E-state index < -0.39 is 0 Å². The van der Waals surface area contributed by atoms with Crippen molar-refractivity contribution in [3.05, 3.63) is 60.2 Å². The van der Waals surface area contributed by atoms with E-state index in [0.29, 0.717) is 12.2 Å². The maximum absolute atomic E-state index is 12.1. The van der Waals surface area contributed by atoms with Crippen molar-refractivity contribution in [3.63, 3.8) is 0 Å². The molecule has 104 valence electrons. The number of benzene rings is 2. The van der Waals surface area contributed by atoms with Gasteiger partial charge in [0.2, 0.25) is 0 Å². The van der Waals surface area contributed by atoms with Crippen LogP contribution in [0.4, 0.5) is 0 Å². The summed E-state index contributed by atoms with van der Waals surface area (Å²) in [5, 5.41) is 0. The van der Waals surface area contributed by atoms with Crippen LogP contribution in [0.5, 0.6) is 0 Å². The molecule has 0 aliphatic carbocycles. The number of hydrogen-bond donors (Lipinski definition) is 0. The lowest BCUT2D eigenvalue weighted by Gasteiger charge is -2.10. The monoisotopic (exact) mass is 287 g/mol. The minimum atomic E-state index is -0.231. The highest BCUT2D eigenvalue weighted by molar-refractivity contribution is 7.97. The van der Waals surface area contributed by atoms with E-state index in [2.05, 4.69) is 19.1 Å². The summed E-state index contributed by atoms with van der Waals surface area (Å²) in [6, 6.07) is 18.1. The van der Waals surface area contributed by atoms with E-state index in [9.17, 15) is 4.79 Å². The maximum Gasteiger partial charge on any atom is 0.343 e. The molecule has 0 amide bonds. The summed E-state index contributed by atoms with van der Waals surface area (Å²) in [4.78, 5) is 14.4. The molecule has 0 bridgehead atoms. The van der Waals surface area contributed by atoms with E-state index in [4.69, 9.17) is 4.74 Å². The lowest BCUT2D eigenvalue weighted by atomic mass is 10.2. The van der Waals surface area contributed by atoms with Crippen LogP contribution in [0.1, 0.15) is 24.2 Å². The van der Waals surface area contributed by atoms with Gasteiger partial charge in [-0.05, 0) is 38.1 Å². The molecule has 0 saturated heterocycles. The predicted octanol–water partition coefficient (Wildman–Crippen LogP) is 3.92. The van der Waals surface area contributed by atoms with E-state index >= 15 is 0 Å². The Balaban J connectivity index is 2.43. The molecule has 0 aliphatic rings. The van der Waals surface area contributed by atoms with E-state index in [-0.39, 0.29) is 16.9 Å². The SMILES string of the molecule is CCOC(=O)c1ccccc1[S+](CC)c1ccccc1. The zero-order chi connectivity index (χ0) is 14.4. The lowest BCUT2D eigenvalue weighted by Crippen LogP contribution is -2.14. The smallest absolute Gasteiger partial charge is 0.343 e. The Hall–Kier alpha value is -1.74. The molecule has 1 unspecified atom stereocenters. The molecule has 0 aromatic heterocycles. The van der Waals surface area contributed by atoms with Crippen LogP contribution in [0.2, 0.25) is 0 Å². The van der Waals surface area contributed by atoms with Crippen LogP contribution in [-0.4, -0.2) is 18.3 Å². The largest absolute Gasteiger partial charge is 0.462 e. The fourth-order valence-electron chi connectivity index (χ4n) is 2.09. The highest BCUT2D eigenvalue weighted by Crippen LogP contribution is 2.26. The first kappa shape index (κ1) is 14.7. The van der Waals surface area contributed by atoms with Crippen LogP contribution in [0.15, 0.2) is 64.4 Å². The van der Waals surface area contributed by atoms with E-state index in [0.717, 1.165) is 10.6 Å². The molecule has 3 heteroatoms. The van der Waals surface area contributed by atoms with Gasteiger partial charge in [-0.1, -0.05) is 30.3 Å². The van der Waals surface area contributed by atoms with Crippen molar-refractivity contribution < 1.29 is 9.53 Å². The van der Waals surface area contributed by atoms with Crippen molar-refractivity contribution in [2.45, 2.75) is 23.6 Å². The fourth-order valence-corrected chi connectivity index (χ4v) is 4.14. The number of hydrogen-bond acceptors (Lipinski definition) is 2. The second-order valence-corrected chi connectivity index (χ2v) is 6.48. The quantitative estimate of drug-likeness (QED) is 0.615. The summed E-state index contributed by atoms with van der Waals surface area (Å²) in [6.07, 6.45) is 0. The number of esters is 1. The van der Waals surface area contributed by atoms with Gasteiger partial charge in [0.15, 0.2) is 9.79 Å². The van der Waals surface area contributed by atoms with Gasteiger partial charge in [-0.15, -0.1) is 0 Å². The third kappa shape index (κ3) is 3.23. The molecule has 2 nitrogen and oxygen atoms in total. The Morgan fingerprint density at radius 2 is 1.65 bits per heavy atom. The number of carbonyl (C=O) groups is 1. The summed E-state index contributed by atoms with van der Waals surface area (Å²) in [7, 11) is -0.0948. The molecule has 1 atom stereocenters. The van der Waals surface area contributed by atoms with E-state index in [1.165, 1.54) is 4.90 Å². The average molecular weight is 287 g/mol. The molecule has 0 saturated carbocycles. The molecule has 0 N–H and O–H groups in total. The predicted molar refractivity (Wildman–Crippen MR) is 83.3 cm³/mol. The maximum atomic E-state index is 12.1. The molecule has 20 heavy (non-hydrogen) atoms. The number of ether oxygens (including phenoxy) is 1. The van der Waals surface area contributed by atoms with Crippen molar-refractivity contribution in [2.75, 3.05) is 12.4 Å². The second kappa shape index (κ2) is 7.15. The van der Waals surface area contributed by atoms with Crippen molar-refractivity contribution in [1.29, 1.82) is 0 Å². The molecular formula is C17H19O2S+. The molecule has 0 aliphatic heterocycles. The lowest BCUT2D eigenvalue weighted by molar-refractivity contribution is 0.0522. The van der Waals surface area contributed by atoms with Crippen LogP contribution in [0.25, 0.3) is 0 Å². The average Bonchev–Trinajstić information content (AvgIpc) is 2.50. The minimum Gasteiger partial charge on any atom is -0.462 e. The molecule has 2 aromatic carbocycles. The Labute approximate surface area is 123 Å². The van der Waals surface area contributed by atoms with Gasteiger partial charge in [0.25, 0.3) is 0 Å². The van der Waals surface area contributed by atoms with Gasteiger partial charge < -0.3 is 4.74 Å². The van der Waals surface area contributed by atoms with Gasteiger partial charge in [0.1, 0.15) is 11.3 Å². The van der Waals surface area contributed by atoms with Crippen LogP contribution < -0.4 is 0 Å². The Bertz CT molecular complexity index is 566. The molecule has 0 radical (unpaired) electrons. The molecule has 0 fully saturated rings. The molecule has 0 heterocycles. The van der Waals surface area contributed by atoms with Gasteiger partial charge in [0, 0.05) is 0 Å². The zero-order valence-electron chi connectivity index (χ0n) is 11.8. The summed E-state index contributed by atoms with van der Waals surface area (Å²) in [5.41, 5.74) is 0.684. The normalized spacial score (nSPS) is 11.9. The van der Waals surface area contributed by atoms with Gasteiger partial charge in [0.05, 0.1) is 17.5 Å². The highest BCUT2D eigenvalue weighted by atomic mass is 32.2. The Kier molecular flexibility index (Phi) is 5.24. The molecule has 2 aromatic rings. The van der Waals surface area contributed by atoms with E-state index in [1.807, 2.05) is 49.4 Å². The first-order valence-electron chi connectivity index (χ1n) is 6.80.